The first kappa shape index (κ1) is 13.1. The van der Waals surface area contributed by atoms with Gasteiger partial charge in [0, 0.05) is 13.1 Å². The lowest BCUT2D eigenvalue weighted by molar-refractivity contribution is -0.207. The number of piperidine rings is 1. The highest BCUT2D eigenvalue weighted by Crippen LogP contribution is 2.19. The molecule has 1 aliphatic heterocycles. The van der Waals surface area contributed by atoms with Crippen molar-refractivity contribution in [2.45, 2.75) is 25.9 Å². The number of aliphatic hydroxyl groups is 1. The van der Waals surface area contributed by atoms with Gasteiger partial charge in [0.15, 0.2) is 6.10 Å². The minimum absolute atomic E-state index is 0.528. The van der Waals surface area contributed by atoms with Crippen LogP contribution in [0.1, 0.15) is 31.4 Å². The molecule has 1 unspecified atom stereocenters. The molecule has 2 rings (SSSR count). The van der Waals surface area contributed by atoms with Gasteiger partial charge < -0.3 is 9.94 Å². The molecule has 0 spiro atoms. The van der Waals surface area contributed by atoms with Gasteiger partial charge in [-0.1, -0.05) is 37.3 Å². The molecule has 1 aromatic carbocycles. The SMILES string of the molecule is C[C@H]1CCCN(OC(=O)C(O)c2ccccc2)C1. The number of carbonyl (C=O) groups is 1. The molecule has 1 fully saturated rings. The summed E-state index contributed by atoms with van der Waals surface area (Å²) in [5.41, 5.74) is 0.563. The second-order valence-electron chi connectivity index (χ2n) is 4.86. The van der Waals surface area contributed by atoms with Crippen LogP contribution in [0.2, 0.25) is 0 Å². The molecule has 4 nitrogen and oxygen atoms in total. The van der Waals surface area contributed by atoms with E-state index in [0.29, 0.717) is 11.5 Å². The predicted molar refractivity (Wildman–Crippen MR) is 67.5 cm³/mol. The van der Waals surface area contributed by atoms with Gasteiger partial charge in [-0.3, -0.25) is 0 Å². The zero-order valence-corrected chi connectivity index (χ0v) is 10.6. The third-order valence-electron chi connectivity index (χ3n) is 3.18. The van der Waals surface area contributed by atoms with Crippen molar-refractivity contribution in [3.63, 3.8) is 0 Å². The van der Waals surface area contributed by atoms with Gasteiger partial charge in [-0.25, -0.2) is 4.79 Å². The minimum Gasteiger partial charge on any atom is -0.377 e. The lowest BCUT2D eigenvalue weighted by Gasteiger charge is -2.29. The second kappa shape index (κ2) is 5.98. The molecule has 1 aliphatic rings. The Labute approximate surface area is 107 Å². The lowest BCUT2D eigenvalue weighted by atomic mass is 10.0. The summed E-state index contributed by atoms with van der Waals surface area (Å²) in [5, 5.41) is 11.5. The summed E-state index contributed by atoms with van der Waals surface area (Å²) in [4.78, 5) is 17.0. The van der Waals surface area contributed by atoms with Crippen LogP contribution in [-0.2, 0) is 9.63 Å². The van der Waals surface area contributed by atoms with Crippen LogP contribution in [0.25, 0.3) is 0 Å². The van der Waals surface area contributed by atoms with E-state index in [1.54, 1.807) is 29.3 Å². The normalized spacial score (nSPS) is 22.4. The number of hydrogen-bond acceptors (Lipinski definition) is 4. The third-order valence-corrected chi connectivity index (χ3v) is 3.18. The Kier molecular flexibility index (Phi) is 4.33. The van der Waals surface area contributed by atoms with Crippen LogP contribution < -0.4 is 0 Å². The van der Waals surface area contributed by atoms with Crippen LogP contribution in [0.5, 0.6) is 0 Å². The molecule has 0 saturated carbocycles. The van der Waals surface area contributed by atoms with Crippen LogP contribution in [0, 0.1) is 5.92 Å². The fourth-order valence-corrected chi connectivity index (χ4v) is 2.18. The van der Waals surface area contributed by atoms with Gasteiger partial charge in [-0.05, 0) is 24.3 Å². The fourth-order valence-electron chi connectivity index (χ4n) is 2.18. The summed E-state index contributed by atoms with van der Waals surface area (Å²) in [6, 6.07) is 8.84. The van der Waals surface area contributed by atoms with Crippen molar-refractivity contribution in [2.24, 2.45) is 5.92 Å². The van der Waals surface area contributed by atoms with Crippen molar-refractivity contribution in [3.8, 4) is 0 Å². The molecule has 0 aromatic heterocycles. The smallest absolute Gasteiger partial charge is 0.358 e. The Morgan fingerprint density at radius 1 is 1.44 bits per heavy atom. The number of nitrogens with zero attached hydrogens (tertiary/aromatic N) is 1. The van der Waals surface area contributed by atoms with Gasteiger partial charge in [0.05, 0.1) is 0 Å². The summed E-state index contributed by atoms with van der Waals surface area (Å²) in [6.45, 7) is 3.62. The van der Waals surface area contributed by atoms with Gasteiger partial charge in [0.1, 0.15) is 0 Å². The van der Waals surface area contributed by atoms with Crippen LogP contribution >= 0.6 is 0 Å². The lowest BCUT2D eigenvalue weighted by Crippen LogP contribution is -2.37. The van der Waals surface area contributed by atoms with Gasteiger partial charge in [-0.15, -0.1) is 5.06 Å². The first-order valence-corrected chi connectivity index (χ1v) is 6.36. The van der Waals surface area contributed by atoms with E-state index in [-0.39, 0.29) is 0 Å². The van der Waals surface area contributed by atoms with Crippen molar-refractivity contribution < 1.29 is 14.7 Å². The standard InChI is InChI=1S/C14H19NO3/c1-11-6-5-9-15(10-11)18-14(17)13(16)12-7-3-2-4-8-12/h2-4,7-8,11,13,16H,5-6,9-10H2,1H3/t11-,13?/m0/s1. The fraction of sp³-hybridized carbons (Fsp3) is 0.500. The van der Waals surface area contributed by atoms with Crippen LogP contribution in [0.3, 0.4) is 0 Å². The molecule has 0 aliphatic carbocycles. The van der Waals surface area contributed by atoms with Crippen molar-refractivity contribution in [1.82, 2.24) is 5.06 Å². The molecule has 1 heterocycles. The predicted octanol–water partition coefficient (Wildman–Crippen LogP) is 1.91. The second-order valence-corrected chi connectivity index (χ2v) is 4.86. The van der Waals surface area contributed by atoms with E-state index in [1.165, 1.54) is 0 Å². The van der Waals surface area contributed by atoms with E-state index in [0.717, 1.165) is 25.9 Å². The van der Waals surface area contributed by atoms with Crippen LogP contribution in [0.4, 0.5) is 0 Å². The number of carbonyl (C=O) groups excluding carboxylic acids is 1. The monoisotopic (exact) mass is 249 g/mol. The number of benzene rings is 1. The van der Waals surface area contributed by atoms with E-state index >= 15 is 0 Å². The Bertz CT molecular complexity index is 393. The van der Waals surface area contributed by atoms with Crippen molar-refractivity contribution in [3.05, 3.63) is 35.9 Å². The average molecular weight is 249 g/mol. The third kappa shape index (κ3) is 3.31. The van der Waals surface area contributed by atoms with Crippen LogP contribution in [-0.4, -0.2) is 29.2 Å². The Morgan fingerprint density at radius 2 is 2.17 bits per heavy atom. The zero-order chi connectivity index (χ0) is 13.0. The molecule has 2 atom stereocenters. The van der Waals surface area contributed by atoms with Crippen molar-refractivity contribution >= 4 is 5.97 Å². The Morgan fingerprint density at radius 3 is 2.83 bits per heavy atom. The maximum absolute atomic E-state index is 11.8. The molecule has 18 heavy (non-hydrogen) atoms. The molecule has 0 amide bonds. The van der Waals surface area contributed by atoms with Gasteiger partial charge in [0.25, 0.3) is 0 Å². The van der Waals surface area contributed by atoms with E-state index < -0.39 is 12.1 Å². The largest absolute Gasteiger partial charge is 0.377 e. The molecule has 1 saturated heterocycles. The van der Waals surface area contributed by atoms with Crippen molar-refractivity contribution in [1.29, 1.82) is 0 Å². The van der Waals surface area contributed by atoms with Gasteiger partial charge in [0.2, 0.25) is 0 Å². The topological polar surface area (TPSA) is 49.8 Å². The average Bonchev–Trinajstić information content (AvgIpc) is 2.39. The molecular weight excluding hydrogens is 230 g/mol. The first-order valence-electron chi connectivity index (χ1n) is 6.36. The molecule has 0 radical (unpaired) electrons. The number of rotatable bonds is 3. The number of hydroxylamine groups is 2. The molecular formula is C14H19NO3. The maximum Gasteiger partial charge on any atom is 0.358 e. The van der Waals surface area contributed by atoms with E-state index in [1.807, 2.05) is 6.07 Å². The zero-order valence-electron chi connectivity index (χ0n) is 10.6. The highest BCUT2D eigenvalue weighted by Gasteiger charge is 2.24. The van der Waals surface area contributed by atoms with E-state index in [2.05, 4.69) is 6.92 Å². The summed E-state index contributed by atoms with van der Waals surface area (Å²) in [7, 11) is 0. The Balaban J connectivity index is 1.91. The first-order chi connectivity index (χ1) is 8.66. The molecule has 98 valence electrons. The van der Waals surface area contributed by atoms with Crippen molar-refractivity contribution in [2.75, 3.05) is 13.1 Å². The van der Waals surface area contributed by atoms with Crippen LogP contribution in [0.15, 0.2) is 30.3 Å². The molecule has 1 aromatic rings. The molecule has 4 heteroatoms. The van der Waals surface area contributed by atoms with Gasteiger partial charge in [-0.2, -0.15) is 0 Å². The molecule has 0 bridgehead atoms. The summed E-state index contributed by atoms with van der Waals surface area (Å²) >= 11 is 0. The highest BCUT2D eigenvalue weighted by atomic mass is 16.7. The minimum atomic E-state index is -1.21. The summed E-state index contributed by atoms with van der Waals surface area (Å²) in [5.74, 6) is -0.0734. The number of aliphatic hydroxyl groups excluding tert-OH is 1. The quantitative estimate of drug-likeness (QED) is 0.889. The Hall–Kier alpha value is -1.39. The van der Waals surface area contributed by atoms with E-state index in [9.17, 15) is 9.90 Å². The van der Waals surface area contributed by atoms with E-state index in [4.69, 9.17) is 4.84 Å². The maximum atomic E-state index is 11.8. The summed E-state index contributed by atoms with van der Waals surface area (Å²) in [6.07, 6.45) is 0.981. The summed E-state index contributed by atoms with van der Waals surface area (Å²) < 4.78 is 0. The van der Waals surface area contributed by atoms with Gasteiger partial charge >= 0.3 is 5.97 Å². The molecule has 1 N–H and O–H groups in total. The highest BCUT2D eigenvalue weighted by molar-refractivity contribution is 5.75. The number of hydrogen-bond donors (Lipinski definition) is 1.